The minimum atomic E-state index is -0.541. The van der Waals surface area contributed by atoms with Crippen molar-refractivity contribution in [2.24, 2.45) is 5.92 Å². The lowest BCUT2D eigenvalue weighted by Gasteiger charge is -2.31. The predicted octanol–water partition coefficient (Wildman–Crippen LogP) is 2.16. The molecule has 2 N–H and O–H groups in total. The summed E-state index contributed by atoms with van der Waals surface area (Å²) in [4.78, 5) is 50.1. The third kappa shape index (κ3) is 8.07. The molecular formula is C25H29N3O5. The van der Waals surface area contributed by atoms with Gasteiger partial charge in [-0.25, -0.2) is 0 Å². The third-order valence-electron chi connectivity index (χ3n) is 5.48. The summed E-state index contributed by atoms with van der Waals surface area (Å²) in [7, 11) is 0. The summed E-state index contributed by atoms with van der Waals surface area (Å²) in [6, 6.07) is 18.6. The van der Waals surface area contributed by atoms with Crippen molar-refractivity contribution in [3.63, 3.8) is 0 Å². The summed E-state index contributed by atoms with van der Waals surface area (Å²) in [6.07, 6.45) is 1.36. The van der Waals surface area contributed by atoms with Crippen LogP contribution in [0.15, 0.2) is 60.7 Å². The maximum atomic E-state index is 12.4. The molecule has 0 unspecified atom stereocenters. The second kappa shape index (κ2) is 12.4. The van der Waals surface area contributed by atoms with Gasteiger partial charge in [-0.3, -0.25) is 19.2 Å². The van der Waals surface area contributed by atoms with Crippen LogP contribution in [-0.2, 0) is 30.3 Å². The fourth-order valence-electron chi connectivity index (χ4n) is 3.61. The van der Waals surface area contributed by atoms with Crippen molar-refractivity contribution in [3.05, 3.63) is 66.2 Å². The van der Waals surface area contributed by atoms with E-state index in [1.165, 1.54) is 0 Å². The number of nitrogens with zero attached hydrogens (tertiary/aromatic N) is 1. The number of hydrogen-bond acceptors (Lipinski definition) is 5. The van der Waals surface area contributed by atoms with E-state index in [0.29, 0.717) is 25.9 Å². The van der Waals surface area contributed by atoms with Gasteiger partial charge < -0.3 is 20.3 Å². The number of piperidine rings is 1. The molecule has 1 saturated heterocycles. The van der Waals surface area contributed by atoms with Crippen molar-refractivity contribution < 1.29 is 23.9 Å². The predicted molar refractivity (Wildman–Crippen MR) is 123 cm³/mol. The number of carbonyl (C=O) groups is 4. The van der Waals surface area contributed by atoms with Gasteiger partial charge in [0.15, 0.2) is 6.61 Å². The molecule has 2 aromatic rings. The SMILES string of the molecule is O=C(Cc1ccccc1)NCCC(=O)OCC(=O)N1CCC(C(=O)Nc2ccccc2)CC1. The largest absolute Gasteiger partial charge is 0.456 e. The van der Waals surface area contributed by atoms with Crippen LogP contribution in [0, 0.1) is 5.92 Å². The second-order valence-corrected chi connectivity index (χ2v) is 7.93. The highest BCUT2D eigenvalue weighted by atomic mass is 16.5. The van der Waals surface area contributed by atoms with Crippen LogP contribution in [-0.4, -0.2) is 54.8 Å². The average Bonchev–Trinajstić information content (AvgIpc) is 2.84. The van der Waals surface area contributed by atoms with Gasteiger partial charge in [-0.2, -0.15) is 0 Å². The Bertz CT molecular complexity index is 941. The number of carbonyl (C=O) groups excluding carboxylic acids is 4. The minimum absolute atomic E-state index is 0.00442. The zero-order valence-corrected chi connectivity index (χ0v) is 18.5. The van der Waals surface area contributed by atoms with Gasteiger partial charge in [-0.1, -0.05) is 48.5 Å². The fraction of sp³-hybridized carbons (Fsp3) is 0.360. The number of benzene rings is 2. The second-order valence-electron chi connectivity index (χ2n) is 7.93. The molecule has 0 atom stereocenters. The molecule has 0 bridgehead atoms. The summed E-state index contributed by atoms with van der Waals surface area (Å²) in [5, 5.41) is 5.57. The van der Waals surface area contributed by atoms with Crippen LogP contribution in [0.1, 0.15) is 24.8 Å². The van der Waals surface area contributed by atoms with E-state index in [1.807, 2.05) is 60.7 Å². The van der Waals surface area contributed by atoms with Crippen LogP contribution >= 0.6 is 0 Å². The first kappa shape index (κ1) is 24.0. The Labute approximate surface area is 193 Å². The van der Waals surface area contributed by atoms with Gasteiger partial charge in [0, 0.05) is 31.2 Å². The molecule has 0 saturated carbocycles. The van der Waals surface area contributed by atoms with Crippen molar-refractivity contribution in [1.29, 1.82) is 0 Å². The monoisotopic (exact) mass is 451 g/mol. The van der Waals surface area contributed by atoms with E-state index in [-0.39, 0.29) is 49.6 Å². The zero-order valence-electron chi connectivity index (χ0n) is 18.5. The van der Waals surface area contributed by atoms with Gasteiger partial charge in [-0.15, -0.1) is 0 Å². The number of nitrogens with one attached hydrogen (secondary N) is 2. The number of amides is 3. The number of ether oxygens (including phenoxy) is 1. The molecule has 1 aliphatic rings. The Hall–Kier alpha value is -3.68. The van der Waals surface area contributed by atoms with Crippen molar-refractivity contribution in [1.82, 2.24) is 10.2 Å². The van der Waals surface area contributed by atoms with Crippen LogP contribution in [0.25, 0.3) is 0 Å². The Morgan fingerprint density at radius 2 is 1.55 bits per heavy atom. The maximum Gasteiger partial charge on any atom is 0.308 e. The van der Waals surface area contributed by atoms with E-state index in [4.69, 9.17) is 4.74 Å². The highest BCUT2D eigenvalue weighted by Crippen LogP contribution is 2.19. The lowest BCUT2D eigenvalue weighted by molar-refractivity contribution is -0.152. The molecule has 1 fully saturated rings. The lowest BCUT2D eigenvalue weighted by atomic mass is 9.95. The molecule has 0 radical (unpaired) electrons. The topological polar surface area (TPSA) is 105 Å². The fourth-order valence-corrected chi connectivity index (χ4v) is 3.61. The van der Waals surface area contributed by atoms with Crippen LogP contribution < -0.4 is 10.6 Å². The van der Waals surface area contributed by atoms with E-state index < -0.39 is 5.97 Å². The Morgan fingerprint density at radius 3 is 2.21 bits per heavy atom. The molecular weight excluding hydrogens is 422 g/mol. The minimum Gasteiger partial charge on any atom is -0.456 e. The van der Waals surface area contributed by atoms with E-state index >= 15 is 0 Å². The summed E-state index contributed by atoms with van der Waals surface area (Å²) in [5.74, 6) is -1.20. The first-order chi connectivity index (χ1) is 16.0. The van der Waals surface area contributed by atoms with Crippen molar-refractivity contribution >= 4 is 29.4 Å². The first-order valence-corrected chi connectivity index (χ1v) is 11.1. The molecule has 33 heavy (non-hydrogen) atoms. The third-order valence-corrected chi connectivity index (χ3v) is 5.48. The lowest BCUT2D eigenvalue weighted by Crippen LogP contribution is -2.43. The number of esters is 1. The van der Waals surface area contributed by atoms with Gasteiger partial charge >= 0.3 is 5.97 Å². The molecule has 3 rings (SSSR count). The Kier molecular flexibility index (Phi) is 8.99. The average molecular weight is 452 g/mol. The maximum absolute atomic E-state index is 12.4. The standard InChI is InChI=1S/C25H29N3O5/c29-22(17-19-7-3-1-4-8-19)26-14-11-24(31)33-18-23(30)28-15-12-20(13-16-28)25(32)27-21-9-5-2-6-10-21/h1-10,20H,11-18H2,(H,26,29)(H,27,32). The molecule has 8 nitrogen and oxygen atoms in total. The van der Waals surface area contributed by atoms with Crippen molar-refractivity contribution in [2.75, 3.05) is 31.6 Å². The van der Waals surface area contributed by atoms with E-state index in [9.17, 15) is 19.2 Å². The Balaban J connectivity index is 1.28. The number of rotatable bonds is 9. The van der Waals surface area contributed by atoms with Gasteiger partial charge in [-0.05, 0) is 30.5 Å². The molecule has 0 spiro atoms. The molecule has 3 amide bonds. The van der Waals surface area contributed by atoms with Crippen LogP contribution in [0.2, 0.25) is 0 Å². The summed E-state index contributed by atoms with van der Waals surface area (Å²) in [6.45, 7) is 0.704. The van der Waals surface area contributed by atoms with Crippen LogP contribution in [0.4, 0.5) is 5.69 Å². The smallest absolute Gasteiger partial charge is 0.308 e. The van der Waals surface area contributed by atoms with E-state index in [0.717, 1.165) is 11.3 Å². The summed E-state index contributed by atoms with van der Waals surface area (Å²) in [5.41, 5.74) is 1.65. The van der Waals surface area contributed by atoms with Gasteiger partial charge in [0.1, 0.15) is 0 Å². The first-order valence-electron chi connectivity index (χ1n) is 11.1. The summed E-state index contributed by atoms with van der Waals surface area (Å²) < 4.78 is 5.05. The van der Waals surface area contributed by atoms with Crippen molar-refractivity contribution in [2.45, 2.75) is 25.7 Å². The van der Waals surface area contributed by atoms with Crippen LogP contribution in [0.5, 0.6) is 0 Å². The molecule has 2 aromatic carbocycles. The number of anilines is 1. The molecule has 0 aliphatic carbocycles. The van der Waals surface area contributed by atoms with Crippen molar-refractivity contribution in [3.8, 4) is 0 Å². The highest BCUT2D eigenvalue weighted by Gasteiger charge is 2.27. The zero-order chi connectivity index (χ0) is 23.5. The number of para-hydroxylation sites is 1. The number of likely N-dealkylation sites (tertiary alicyclic amines) is 1. The normalized spacial score (nSPS) is 13.8. The van der Waals surface area contributed by atoms with E-state index in [2.05, 4.69) is 10.6 Å². The van der Waals surface area contributed by atoms with E-state index in [1.54, 1.807) is 4.90 Å². The van der Waals surface area contributed by atoms with Gasteiger partial charge in [0.25, 0.3) is 5.91 Å². The summed E-state index contributed by atoms with van der Waals surface area (Å²) >= 11 is 0. The van der Waals surface area contributed by atoms with Crippen LogP contribution in [0.3, 0.4) is 0 Å². The molecule has 1 aliphatic heterocycles. The Morgan fingerprint density at radius 1 is 0.909 bits per heavy atom. The quantitative estimate of drug-likeness (QED) is 0.569. The molecule has 0 aromatic heterocycles. The number of hydrogen-bond donors (Lipinski definition) is 2. The molecule has 174 valence electrons. The van der Waals surface area contributed by atoms with Gasteiger partial charge in [0.05, 0.1) is 12.8 Å². The van der Waals surface area contributed by atoms with Gasteiger partial charge in [0.2, 0.25) is 11.8 Å². The highest BCUT2D eigenvalue weighted by molar-refractivity contribution is 5.92. The molecule has 8 heteroatoms. The molecule has 1 heterocycles.